The third-order valence-electron chi connectivity index (χ3n) is 2.20. The number of rotatable bonds is 4. The fraction of sp³-hybridized carbons (Fsp3) is 0.0667. The molecule has 0 fully saturated rings. The Morgan fingerprint density at radius 3 is 2.20 bits per heavy atom. The van der Waals surface area contributed by atoms with E-state index in [1.165, 1.54) is 0 Å². The van der Waals surface area contributed by atoms with E-state index < -0.39 is 0 Å². The van der Waals surface area contributed by atoms with E-state index in [1.807, 2.05) is 37.3 Å². The summed E-state index contributed by atoms with van der Waals surface area (Å²) in [6.07, 6.45) is 3.84. The van der Waals surface area contributed by atoms with Gasteiger partial charge >= 0.3 is 0 Å². The van der Waals surface area contributed by atoms with Gasteiger partial charge in [-0.1, -0.05) is 61.7 Å². The van der Waals surface area contributed by atoms with Gasteiger partial charge in [-0.15, -0.1) is 0 Å². The lowest BCUT2D eigenvalue weighted by atomic mass is 10.0. The Morgan fingerprint density at radius 2 is 1.73 bits per heavy atom. The Hall–Kier alpha value is -1.82. The topological polar surface area (TPSA) is 0 Å². The van der Waals surface area contributed by atoms with E-state index in [-0.39, 0.29) is 0 Å². The maximum absolute atomic E-state index is 3.94. The molecule has 0 bridgehead atoms. The van der Waals surface area contributed by atoms with Crippen LogP contribution in [0.15, 0.2) is 73.4 Å². The summed E-state index contributed by atoms with van der Waals surface area (Å²) < 4.78 is 0. The van der Waals surface area contributed by atoms with Crippen LogP contribution in [0.5, 0.6) is 0 Å². The Morgan fingerprint density at radius 1 is 1.13 bits per heavy atom. The minimum Gasteiger partial charge on any atom is -0.0984 e. The van der Waals surface area contributed by atoms with Crippen LogP contribution in [0.1, 0.15) is 12.5 Å². The molecule has 0 aromatic heterocycles. The van der Waals surface area contributed by atoms with Gasteiger partial charge in [0.2, 0.25) is 0 Å². The van der Waals surface area contributed by atoms with Gasteiger partial charge in [0, 0.05) is 0 Å². The average molecular weight is 196 g/mol. The van der Waals surface area contributed by atoms with Gasteiger partial charge in [-0.25, -0.2) is 0 Å². The number of allylic oxidation sites excluding steroid dienone is 5. The van der Waals surface area contributed by atoms with Crippen molar-refractivity contribution < 1.29 is 0 Å². The highest BCUT2D eigenvalue weighted by atomic mass is 14.0. The monoisotopic (exact) mass is 196 g/mol. The first kappa shape index (κ1) is 11.3. The highest BCUT2D eigenvalue weighted by molar-refractivity contribution is 5.76. The summed E-state index contributed by atoms with van der Waals surface area (Å²) in [5, 5.41) is 0. The molecule has 0 aliphatic heterocycles. The second-order valence-corrected chi connectivity index (χ2v) is 3.48. The zero-order chi connectivity index (χ0) is 11.3. The summed E-state index contributed by atoms with van der Waals surface area (Å²) in [7, 11) is 0. The van der Waals surface area contributed by atoms with Gasteiger partial charge in [0.05, 0.1) is 0 Å². The van der Waals surface area contributed by atoms with Crippen LogP contribution in [0.2, 0.25) is 0 Å². The minimum atomic E-state index is 0.939. The largest absolute Gasteiger partial charge is 0.0984 e. The van der Waals surface area contributed by atoms with Crippen molar-refractivity contribution in [2.45, 2.75) is 6.92 Å². The molecule has 76 valence electrons. The standard InChI is InChI=1S/C15H16/c1-5-14(11-13(4)12(2)3)15-9-7-6-8-10-15/h5-11H,1-2,4H2,3H3/b14-11+. The van der Waals surface area contributed by atoms with Crippen molar-refractivity contribution in [3.63, 3.8) is 0 Å². The molecule has 0 aliphatic carbocycles. The molecular formula is C15H16. The third kappa shape index (κ3) is 3.10. The lowest BCUT2D eigenvalue weighted by Crippen LogP contribution is -1.82. The molecule has 0 radical (unpaired) electrons. The molecule has 1 rings (SSSR count). The van der Waals surface area contributed by atoms with Crippen LogP contribution in [-0.4, -0.2) is 0 Å². The molecule has 0 saturated carbocycles. The van der Waals surface area contributed by atoms with Gasteiger partial charge in [0.15, 0.2) is 0 Å². The molecule has 0 nitrogen and oxygen atoms in total. The first-order valence-electron chi connectivity index (χ1n) is 4.89. The van der Waals surface area contributed by atoms with E-state index in [0.717, 1.165) is 22.3 Å². The van der Waals surface area contributed by atoms with Gasteiger partial charge in [-0.2, -0.15) is 0 Å². The average Bonchev–Trinajstić information content (AvgIpc) is 2.26. The summed E-state index contributed by atoms with van der Waals surface area (Å²) in [5.41, 5.74) is 4.14. The molecule has 15 heavy (non-hydrogen) atoms. The first-order chi connectivity index (χ1) is 7.15. The van der Waals surface area contributed by atoms with Crippen LogP contribution < -0.4 is 0 Å². The normalized spacial score (nSPS) is 10.9. The van der Waals surface area contributed by atoms with Crippen LogP contribution in [0.25, 0.3) is 5.57 Å². The predicted molar refractivity (Wildman–Crippen MR) is 68.6 cm³/mol. The Kier molecular flexibility index (Phi) is 3.87. The molecular weight excluding hydrogens is 180 g/mol. The number of benzene rings is 1. The quantitative estimate of drug-likeness (QED) is 0.626. The van der Waals surface area contributed by atoms with Crippen LogP contribution in [0.4, 0.5) is 0 Å². The molecule has 0 heterocycles. The fourth-order valence-corrected chi connectivity index (χ4v) is 1.20. The SMILES string of the molecule is C=C/C(=C\C(=C)C(=C)C)c1ccccc1. The van der Waals surface area contributed by atoms with E-state index in [4.69, 9.17) is 0 Å². The maximum atomic E-state index is 3.94. The molecule has 0 saturated heterocycles. The van der Waals surface area contributed by atoms with Crippen molar-refractivity contribution in [1.29, 1.82) is 0 Å². The van der Waals surface area contributed by atoms with Crippen molar-refractivity contribution in [2.75, 3.05) is 0 Å². The summed E-state index contributed by atoms with van der Waals surface area (Å²) in [4.78, 5) is 0. The van der Waals surface area contributed by atoms with Crippen LogP contribution in [-0.2, 0) is 0 Å². The fourth-order valence-electron chi connectivity index (χ4n) is 1.20. The molecule has 0 aliphatic rings. The highest BCUT2D eigenvalue weighted by Gasteiger charge is 1.97. The molecule has 0 spiro atoms. The van der Waals surface area contributed by atoms with Crippen molar-refractivity contribution in [3.05, 3.63) is 78.9 Å². The minimum absolute atomic E-state index is 0.939. The van der Waals surface area contributed by atoms with E-state index >= 15 is 0 Å². The highest BCUT2D eigenvalue weighted by Crippen LogP contribution is 2.18. The molecule has 1 aromatic carbocycles. The predicted octanol–water partition coefficient (Wildman–Crippen LogP) is 4.39. The van der Waals surface area contributed by atoms with E-state index in [1.54, 1.807) is 0 Å². The smallest absolute Gasteiger partial charge is 0.0184 e. The van der Waals surface area contributed by atoms with Gasteiger partial charge in [-0.05, 0) is 29.7 Å². The summed E-state index contributed by atoms with van der Waals surface area (Å²) in [5.74, 6) is 0. The maximum Gasteiger partial charge on any atom is -0.0184 e. The summed E-state index contributed by atoms with van der Waals surface area (Å²) >= 11 is 0. The summed E-state index contributed by atoms with van der Waals surface area (Å²) in [6, 6.07) is 10.1. The van der Waals surface area contributed by atoms with Crippen molar-refractivity contribution in [1.82, 2.24) is 0 Å². The van der Waals surface area contributed by atoms with Gasteiger partial charge < -0.3 is 0 Å². The Balaban J connectivity index is 3.05. The van der Waals surface area contributed by atoms with Crippen LogP contribution in [0, 0.1) is 0 Å². The Labute approximate surface area is 92.0 Å². The number of hydrogen-bond acceptors (Lipinski definition) is 0. The number of hydrogen-bond donors (Lipinski definition) is 0. The van der Waals surface area contributed by atoms with Gasteiger partial charge in [0.25, 0.3) is 0 Å². The molecule has 0 heteroatoms. The van der Waals surface area contributed by atoms with Gasteiger partial charge in [0.1, 0.15) is 0 Å². The zero-order valence-corrected chi connectivity index (χ0v) is 9.16. The molecule has 0 amide bonds. The van der Waals surface area contributed by atoms with Crippen LogP contribution >= 0.6 is 0 Å². The molecule has 0 atom stereocenters. The van der Waals surface area contributed by atoms with E-state index in [2.05, 4.69) is 31.9 Å². The van der Waals surface area contributed by atoms with Crippen molar-refractivity contribution in [2.24, 2.45) is 0 Å². The first-order valence-corrected chi connectivity index (χ1v) is 4.89. The second-order valence-electron chi connectivity index (χ2n) is 3.48. The molecule has 1 aromatic rings. The van der Waals surface area contributed by atoms with Crippen molar-refractivity contribution in [3.8, 4) is 0 Å². The third-order valence-corrected chi connectivity index (χ3v) is 2.20. The zero-order valence-electron chi connectivity index (χ0n) is 9.16. The Bertz CT molecular complexity index is 405. The molecule has 0 N–H and O–H groups in total. The lowest BCUT2D eigenvalue weighted by Gasteiger charge is -2.04. The van der Waals surface area contributed by atoms with Gasteiger partial charge in [-0.3, -0.25) is 0 Å². The van der Waals surface area contributed by atoms with Crippen LogP contribution in [0.3, 0.4) is 0 Å². The summed E-state index contributed by atoms with van der Waals surface area (Å²) in [6.45, 7) is 13.6. The van der Waals surface area contributed by atoms with E-state index in [9.17, 15) is 0 Å². The lowest BCUT2D eigenvalue weighted by molar-refractivity contribution is 1.47. The molecule has 0 unspecified atom stereocenters. The van der Waals surface area contributed by atoms with Crippen molar-refractivity contribution >= 4 is 5.57 Å². The second kappa shape index (κ2) is 5.16. The van der Waals surface area contributed by atoms with E-state index in [0.29, 0.717) is 0 Å².